The maximum Gasteiger partial charge on any atom is 0.256 e. The Morgan fingerprint density at radius 2 is 1.97 bits per heavy atom. The van der Waals surface area contributed by atoms with Gasteiger partial charge in [0.05, 0.1) is 36.4 Å². The fraction of sp³-hybridized carbons (Fsp3) is 0.379. The number of rotatable bonds is 8. The van der Waals surface area contributed by atoms with Gasteiger partial charge in [0.15, 0.2) is 0 Å². The molecule has 38 heavy (non-hydrogen) atoms. The highest BCUT2D eigenvalue weighted by Gasteiger charge is 2.33. The average Bonchev–Trinajstić information content (AvgIpc) is 3.36. The molecular weight excluding hydrogens is 527 g/mol. The first-order valence-corrected chi connectivity index (χ1v) is 13.4. The standard InChI is InChI=1S/C29H30Cl2N2O5/c1-17-10-18(2)32-28(37-15-19-6-4-3-5-7-19)23(17)13-33-9-8-22-24(30)12-25(27(31)26(22)29(33)35)38-21-11-20(14-34)36-16-21/h3-7,10,12,20-21,34H,8-9,11,13-16H2,1-2H3. The van der Waals surface area contributed by atoms with E-state index in [1.165, 1.54) is 0 Å². The van der Waals surface area contributed by atoms with E-state index in [4.69, 9.17) is 37.4 Å². The predicted octanol–water partition coefficient (Wildman–Crippen LogP) is 5.31. The highest BCUT2D eigenvalue weighted by atomic mass is 35.5. The third-order valence-electron chi connectivity index (χ3n) is 6.96. The average molecular weight is 557 g/mol. The number of hydrogen-bond donors (Lipinski definition) is 1. The van der Waals surface area contributed by atoms with E-state index >= 15 is 0 Å². The van der Waals surface area contributed by atoms with Gasteiger partial charge >= 0.3 is 0 Å². The summed E-state index contributed by atoms with van der Waals surface area (Å²) in [7, 11) is 0. The van der Waals surface area contributed by atoms with Crippen molar-refractivity contribution in [2.45, 2.75) is 52.0 Å². The van der Waals surface area contributed by atoms with Crippen molar-refractivity contribution >= 4 is 29.1 Å². The van der Waals surface area contributed by atoms with Crippen LogP contribution in [0.3, 0.4) is 0 Å². The number of hydrogen-bond acceptors (Lipinski definition) is 6. The Morgan fingerprint density at radius 3 is 2.71 bits per heavy atom. The minimum absolute atomic E-state index is 0.0731. The van der Waals surface area contributed by atoms with Gasteiger partial charge in [-0.25, -0.2) is 4.98 Å². The van der Waals surface area contributed by atoms with E-state index in [1.54, 1.807) is 11.0 Å². The Hall–Kier alpha value is -2.84. The largest absolute Gasteiger partial charge is 0.486 e. The van der Waals surface area contributed by atoms with Crippen LogP contribution in [0.4, 0.5) is 0 Å². The van der Waals surface area contributed by atoms with Gasteiger partial charge < -0.3 is 24.2 Å². The summed E-state index contributed by atoms with van der Waals surface area (Å²) in [5.74, 6) is 0.650. The smallest absolute Gasteiger partial charge is 0.256 e. The van der Waals surface area contributed by atoms with Crippen molar-refractivity contribution in [3.63, 3.8) is 0 Å². The number of aliphatic hydroxyl groups excluding tert-OH is 1. The lowest BCUT2D eigenvalue weighted by Gasteiger charge is -2.31. The van der Waals surface area contributed by atoms with Gasteiger partial charge in [0, 0.05) is 35.3 Å². The van der Waals surface area contributed by atoms with E-state index in [0.717, 1.165) is 27.9 Å². The molecule has 2 aromatic carbocycles. The normalized spacial score (nSPS) is 19.0. The number of carbonyl (C=O) groups is 1. The summed E-state index contributed by atoms with van der Waals surface area (Å²) in [5, 5.41) is 10.0. The van der Waals surface area contributed by atoms with E-state index in [2.05, 4.69) is 4.98 Å². The molecular formula is C29H30Cl2N2O5. The molecule has 7 nitrogen and oxygen atoms in total. The van der Waals surface area contributed by atoms with Gasteiger partial charge in [-0.15, -0.1) is 0 Å². The molecule has 2 atom stereocenters. The minimum atomic E-state index is -0.279. The maximum absolute atomic E-state index is 13.8. The predicted molar refractivity (Wildman–Crippen MR) is 145 cm³/mol. The van der Waals surface area contributed by atoms with Gasteiger partial charge in [-0.3, -0.25) is 4.79 Å². The summed E-state index contributed by atoms with van der Waals surface area (Å²) < 4.78 is 17.7. The molecule has 0 bridgehead atoms. The summed E-state index contributed by atoms with van der Waals surface area (Å²) in [5.41, 5.74) is 4.83. The summed E-state index contributed by atoms with van der Waals surface area (Å²) >= 11 is 13.3. The van der Waals surface area contributed by atoms with Gasteiger partial charge in [0.25, 0.3) is 5.91 Å². The Bertz CT molecular complexity index is 1330. The fourth-order valence-electron chi connectivity index (χ4n) is 4.97. The van der Waals surface area contributed by atoms with Gasteiger partial charge in [0.2, 0.25) is 5.88 Å². The van der Waals surface area contributed by atoms with Crippen molar-refractivity contribution in [1.82, 2.24) is 9.88 Å². The van der Waals surface area contributed by atoms with E-state index in [1.807, 2.05) is 50.2 Å². The number of fused-ring (bicyclic) bond motifs is 1. The number of benzene rings is 2. The molecule has 1 aromatic heterocycles. The summed E-state index contributed by atoms with van der Waals surface area (Å²) in [6.07, 6.45) is 0.554. The van der Waals surface area contributed by atoms with Crippen molar-refractivity contribution in [2.75, 3.05) is 19.8 Å². The second-order valence-corrected chi connectivity index (χ2v) is 10.5. The first-order valence-electron chi connectivity index (χ1n) is 12.7. The zero-order valence-corrected chi connectivity index (χ0v) is 22.9. The molecule has 2 unspecified atom stereocenters. The van der Waals surface area contributed by atoms with Crippen LogP contribution in [0.1, 0.15) is 44.7 Å². The molecule has 0 radical (unpaired) electrons. The lowest BCUT2D eigenvalue weighted by molar-refractivity contribution is 0.0534. The molecule has 1 saturated heterocycles. The molecule has 1 fully saturated rings. The monoisotopic (exact) mass is 556 g/mol. The summed E-state index contributed by atoms with van der Waals surface area (Å²) in [4.78, 5) is 20.2. The van der Waals surface area contributed by atoms with Crippen molar-refractivity contribution in [3.05, 3.63) is 86.0 Å². The van der Waals surface area contributed by atoms with E-state index in [-0.39, 0.29) is 29.7 Å². The van der Waals surface area contributed by atoms with Crippen molar-refractivity contribution in [2.24, 2.45) is 0 Å². The van der Waals surface area contributed by atoms with Crippen LogP contribution in [0, 0.1) is 13.8 Å². The van der Waals surface area contributed by atoms with Crippen LogP contribution < -0.4 is 9.47 Å². The second kappa shape index (κ2) is 11.5. The third-order valence-corrected chi connectivity index (χ3v) is 7.67. The summed E-state index contributed by atoms with van der Waals surface area (Å²) in [6.45, 7) is 5.39. The SMILES string of the molecule is Cc1cc(C)c(CN2CCc3c(Cl)cc(OC4COC(CO)C4)c(Cl)c3C2=O)c(OCc2ccccc2)n1. The second-order valence-electron chi connectivity index (χ2n) is 9.75. The fourth-order valence-corrected chi connectivity index (χ4v) is 5.55. The first-order chi connectivity index (χ1) is 18.3. The van der Waals surface area contributed by atoms with Crippen molar-refractivity contribution in [3.8, 4) is 11.6 Å². The van der Waals surface area contributed by atoms with Crippen LogP contribution in [-0.4, -0.2) is 52.9 Å². The Morgan fingerprint density at radius 1 is 1.18 bits per heavy atom. The minimum Gasteiger partial charge on any atom is -0.486 e. The van der Waals surface area contributed by atoms with Gasteiger partial charge in [-0.2, -0.15) is 0 Å². The molecule has 0 spiro atoms. The van der Waals surface area contributed by atoms with Crippen LogP contribution in [0.25, 0.3) is 0 Å². The van der Waals surface area contributed by atoms with Crippen LogP contribution in [-0.2, 0) is 24.3 Å². The molecule has 2 aliphatic heterocycles. The number of ether oxygens (including phenoxy) is 3. The number of halogens is 2. The Kier molecular flexibility index (Phi) is 8.09. The van der Waals surface area contributed by atoms with E-state index in [9.17, 15) is 9.90 Å². The van der Waals surface area contributed by atoms with Crippen LogP contribution in [0.2, 0.25) is 10.0 Å². The van der Waals surface area contributed by atoms with Gasteiger partial charge in [-0.05, 0) is 43.0 Å². The third kappa shape index (κ3) is 5.61. The number of aliphatic hydroxyl groups is 1. The van der Waals surface area contributed by atoms with E-state index in [0.29, 0.717) is 61.4 Å². The quantitative estimate of drug-likeness (QED) is 0.405. The van der Waals surface area contributed by atoms with Crippen LogP contribution >= 0.6 is 23.2 Å². The molecule has 3 aromatic rings. The number of amides is 1. The van der Waals surface area contributed by atoms with Crippen LogP contribution in [0.15, 0.2) is 42.5 Å². The Labute approximate surface area is 232 Å². The maximum atomic E-state index is 13.8. The molecule has 2 aliphatic rings. The van der Waals surface area contributed by atoms with Gasteiger partial charge in [-0.1, -0.05) is 53.5 Å². The molecule has 200 valence electrons. The summed E-state index contributed by atoms with van der Waals surface area (Å²) in [6, 6.07) is 13.6. The van der Waals surface area contributed by atoms with Crippen molar-refractivity contribution < 1.29 is 24.1 Å². The van der Waals surface area contributed by atoms with Gasteiger partial charge in [0.1, 0.15) is 18.5 Å². The molecule has 1 N–H and O–H groups in total. The highest BCUT2D eigenvalue weighted by molar-refractivity contribution is 6.38. The number of nitrogens with zero attached hydrogens (tertiary/aromatic N) is 2. The highest BCUT2D eigenvalue weighted by Crippen LogP contribution is 2.40. The molecule has 5 rings (SSSR count). The zero-order chi connectivity index (χ0) is 26.8. The molecule has 9 heteroatoms. The lowest BCUT2D eigenvalue weighted by Crippen LogP contribution is -2.38. The first kappa shape index (κ1) is 26.8. The topological polar surface area (TPSA) is 81.1 Å². The number of pyridine rings is 1. The number of aromatic nitrogens is 1. The van der Waals surface area contributed by atoms with Crippen LogP contribution in [0.5, 0.6) is 11.6 Å². The van der Waals surface area contributed by atoms with Crippen molar-refractivity contribution in [1.29, 1.82) is 0 Å². The number of aryl methyl sites for hydroxylation is 2. The molecule has 1 amide bonds. The zero-order valence-electron chi connectivity index (χ0n) is 21.4. The van der Waals surface area contributed by atoms with E-state index < -0.39 is 0 Å². The molecule has 0 aliphatic carbocycles. The number of carbonyl (C=O) groups excluding carboxylic acids is 1. The lowest BCUT2D eigenvalue weighted by atomic mass is 9.97. The Balaban J connectivity index is 1.39. The molecule has 0 saturated carbocycles. The molecule has 3 heterocycles.